The molecule has 0 spiro atoms. The van der Waals surface area contributed by atoms with Crippen molar-refractivity contribution in [3.8, 4) is 0 Å². The van der Waals surface area contributed by atoms with Gasteiger partial charge in [-0.05, 0) is 25.7 Å². The van der Waals surface area contributed by atoms with E-state index in [1.54, 1.807) is 119 Å². The van der Waals surface area contributed by atoms with Crippen LogP contribution in [0.1, 0.15) is 38.5 Å². The molecule has 3 N–H and O–H groups in total. The molecule has 0 aliphatic heterocycles. The normalized spacial score (nSPS) is 7.95. The standard InChI is InChI=1S/C6H11NO.C6H10O2.S58/c2*1-2-3-4-5-6(7)8;1-3-5-7-9-11-13-15-17-19-21-23-25-27-29-31-33-35-37-39-41-43-45-47-49-51-53-55-57-58-56-54-52-50-48-46-44-42-40-38-36-34-32-30-28-26-24-22-20-18-16-14-12-10-8-6-4-2/h2H,1,3-5H2,(H2,7,8);2H,1,3-5H2,(H,7,8);. The van der Waals surface area contributed by atoms with Crippen LogP contribution in [0.5, 0.6) is 0 Å². The molecule has 440 valence electrons. The van der Waals surface area contributed by atoms with E-state index in [1.807, 2.05) is 373 Å². The third kappa shape index (κ3) is 96.8. The van der Waals surface area contributed by atoms with Gasteiger partial charge in [0.25, 0.3) is 0 Å². The molecule has 0 saturated heterocycles. The lowest BCUT2D eigenvalue weighted by molar-refractivity contribution is -0.137. The Morgan fingerprint density at radius 1 is 0.297 bits per heavy atom. The molecule has 0 aromatic heterocycles. The fraction of sp³-hybridized carbons (Fsp3) is 0.500. The van der Waals surface area contributed by atoms with E-state index in [-0.39, 0.29) is 12.3 Å². The smallest absolute Gasteiger partial charge is 0.303 e. The number of hydrogen-bond acceptors (Lipinski definition) is 4. The predicted molar refractivity (Wildman–Crippen MR) is 492 cm³/mol. The van der Waals surface area contributed by atoms with E-state index in [2.05, 4.69) is 13.2 Å². The highest BCUT2D eigenvalue weighted by atomic mass is 33.5. The van der Waals surface area contributed by atoms with Crippen LogP contribution in [0.3, 0.4) is 0 Å². The quantitative estimate of drug-likeness (QED) is 0.288. The van der Waals surface area contributed by atoms with Crippen LogP contribution < -0.4 is 5.73 Å². The van der Waals surface area contributed by atoms with Crippen molar-refractivity contribution in [3.05, 3.63) is 25.3 Å². The molecule has 0 heterocycles. The molecule has 1 amide bonds. The number of primary amides is 1. The van der Waals surface area contributed by atoms with Gasteiger partial charge in [0.15, 0.2) is 0 Å². The second-order valence-corrected chi connectivity index (χ2v) is 106. The molecule has 0 aromatic rings. The summed E-state index contributed by atoms with van der Waals surface area (Å²) in [5, 5.41) is 8.11. The highest BCUT2D eigenvalue weighted by Gasteiger charge is 1.92. The minimum Gasteiger partial charge on any atom is -0.481 e. The molecule has 0 bridgehead atoms. The fourth-order valence-corrected chi connectivity index (χ4v) is 150. The molecule has 0 aromatic carbocycles. The first-order valence-electron chi connectivity index (χ1n) is 14.8. The largest absolute Gasteiger partial charge is 0.481 e. The molecule has 0 fully saturated rings. The number of carbonyl (C=O) groups is 2. The van der Waals surface area contributed by atoms with Crippen LogP contribution in [0.15, 0.2) is 25.3 Å². The van der Waals surface area contributed by atoms with Crippen molar-refractivity contribution in [2.75, 3.05) is 0 Å². The molecule has 0 aliphatic rings. The average Bonchev–Trinajstić information content (AvgIpc) is 3.39. The Kier molecular flexibility index (Phi) is 107. The van der Waals surface area contributed by atoms with E-state index in [4.69, 9.17) is 33.2 Å². The Hall–Kier alpha value is 11.2. The van der Waals surface area contributed by atoms with Crippen LogP contribution in [0.25, 0.3) is 0 Å². The van der Waals surface area contributed by atoms with Gasteiger partial charge in [0.2, 0.25) is 5.91 Å². The maximum absolute atomic E-state index is 10.1. The van der Waals surface area contributed by atoms with Crippen molar-refractivity contribution in [2.45, 2.75) is 38.5 Å². The van der Waals surface area contributed by atoms with Gasteiger partial charge in [-0.1, -0.05) is 12.2 Å². The van der Waals surface area contributed by atoms with Crippen molar-refractivity contribution in [1.29, 1.82) is 0 Å². The third-order valence-corrected chi connectivity index (χ3v) is 125. The van der Waals surface area contributed by atoms with Crippen molar-refractivity contribution in [3.63, 3.8) is 0 Å². The maximum atomic E-state index is 10.1. The number of unbranched alkanes of at least 4 members (excludes halogenated alkanes) is 2. The molecular weight excluding hydrogens is 2070 g/mol. The predicted octanol–water partition coefficient (Wildman–Crippen LogP) is 2.12. The summed E-state index contributed by atoms with van der Waals surface area (Å²) < 4.78 is 0. The summed E-state index contributed by atoms with van der Waals surface area (Å²) in [6, 6.07) is 0. The summed E-state index contributed by atoms with van der Waals surface area (Å²) >= 11 is 9.63. The zero-order valence-electron chi connectivity index (χ0n) is 33.3. The lowest BCUT2D eigenvalue weighted by Gasteiger charge is -1.88. The van der Waals surface area contributed by atoms with Gasteiger partial charge in [0.05, 0.1) is 0 Å². The number of rotatable bonds is 8. The summed E-state index contributed by atoms with van der Waals surface area (Å²) in [6.07, 6.45) is 7.46. The molecule has 0 aliphatic carbocycles. The van der Waals surface area contributed by atoms with E-state index >= 15 is 0 Å². The van der Waals surface area contributed by atoms with Crippen LogP contribution >= 0.6 is 0 Å². The molecule has 62 heteroatoms. The summed E-state index contributed by atoms with van der Waals surface area (Å²) in [4.78, 5) is 19.9. The zero-order valence-corrected chi connectivity index (χ0v) is 80.7. The Morgan fingerprint density at radius 3 is 0.541 bits per heavy atom. The summed E-state index contributed by atoms with van der Waals surface area (Å²) in [6.45, 7) is 6.97. The minimum atomic E-state index is -0.730. The number of carboxylic acids is 1. The Morgan fingerprint density at radius 2 is 0.432 bits per heavy atom. The van der Waals surface area contributed by atoms with Crippen LogP contribution in [-0.2, 0) is 529 Å². The van der Waals surface area contributed by atoms with Crippen molar-refractivity contribution in [2.24, 2.45) is 5.73 Å². The first-order chi connectivity index (χ1) is 36.5. The van der Waals surface area contributed by atoms with Crippen molar-refractivity contribution >= 4 is 532 Å². The molecule has 74 heavy (non-hydrogen) atoms. The van der Waals surface area contributed by atoms with Gasteiger partial charge in [0, 0.05) is 533 Å². The van der Waals surface area contributed by atoms with Crippen molar-refractivity contribution < 1.29 is 14.7 Å². The monoisotopic (exact) mass is 2080 g/mol. The second-order valence-electron chi connectivity index (χ2n) is 7.03. The SMILES string of the molecule is C=CCCCC(=O)O.C=CCCCC(N)=O.S=S=S=S=S=S=S=S=S=S=S=S=S=S=S=S=S=S=S=S=S=S=S=S=S=S=S=S=S=S=S=S=S=S=S=S=S=S=S=S=S=S=S=S=S=S=S=S=S=S=S=S=S=S=S=S=S=S. The molecular formula is C12H21NO3S58. The number of hydrogen-bond donors (Lipinski definition) is 2. The van der Waals surface area contributed by atoms with Crippen LogP contribution in [0.2, 0.25) is 0 Å². The first-order valence-corrected chi connectivity index (χ1v) is 90.8. The summed E-state index contributed by atoms with van der Waals surface area (Å²) in [5.74, 6) is -0.960. The van der Waals surface area contributed by atoms with Crippen molar-refractivity contribution in [1.82, 2.24) is 0 Å². The molecule has 0 rings (SSSR count). The Labute approximate surface area is 599 Å². The average molecular weight is 2090 g/mol. The highest BCUT2D eigenvalue weighted by Crippen LogP contribution is 1.94. The third-order valence-electron chi connectivity index (χ3n) is 3.16. The molecule has 0 atom stereocenters. The number of nitrogens with two attached hydrogens (primary N) is 1. The highest BCUT2D eigenvalue weighted by molar-refractivity contribution is 8.83. The molecule has 0 radical (unpaired) electrons. The molecule has 0 unspecified atom stereocenters. The number of carboxylic acid groups (broad SMARTS) is 1. The lowest BCUT2D eigenvalue weighted by Crippen LogP contribution is -2.09. The first kappa shape index (κ1) is 89.4. The van der Waals surface area contributed by atoms with Gasteiger partial charge < -0.3 is 10.8 Å². The minimum absolute atomic E-state index is 0.230. The van der Waals surface area contributed by atoms with Crippen LogP contribution in [-0.4, -0.2) is 17.0 Å². The summed E-state index contributed by atoms with van der Waals surface area (Å²) in [7, 11) is 100. The van der Waals surface area contributed by atoms with Gasteiger partial charge in [0.1, 0.15) is 0 Å². The Balaban J connectivity index is -0.00000268. The van der Waals surface area contributed by atoms with Gasteiger partial charge >= 0.3 is 5.97 Å². The molecule has 0 saturated carbocycles. The number of aliphatic carboxylic acids is 1. The van der Waals surface area contributed by atoms with E-state index in [0.29, 0.717) is 12.8 Å². The lowest BCUT2D eigenvalue weighted by atomic mass is 10.2. The summed E-state index contributed by atoms with van der Waals surface area (Å²) in [5.41, 5.74) is 4.86. The Bertz CT molecular complexity index is 4340. The fourth-order valence-electron chi connectivity index (χ4n) is 1.43. The van der Waals surface area contributed by atoms with Crippen LogP contribution in [0, 0.1) is 0 Å². The van der Waals surface area contributed by atoms with Gasteiger partial charge in [-0.25, -0.2) is 0 Å². The maximum Gasteiger partial charge on any atom is 0.303 e. The second kappa shape index (κ2) is 88.4. The number of carbonyl (C=O) groups excluding carboxylic acids is 1. The van der Waals surface area contributed by atoms with E-state index in [9.17, 15) is 9.59 Å². The van der Waals surface area contributed by atoms with E-state index < -0.39 is 5.97 Å². The molecule has 4 nitrogen and oxygen atoms in total. The van der Waals surface area contributed by atoms with Gasteiger partial charge in [-0.3, -0.25) is 9.59 Å². The van der Waals surface area contributed by atoms with E-state index in [0.717, 1.165) is 19.3 Å². The van der Waals surface area contributed by atoms with Gasteiger partial charge in [-0.2, -0.15) is 0 Å². The van der Waals surface area contributed by atoms with Gasteiger partial charge in [-0.15, -0.1) is 13.2 Å². The number of allylic oxidation sites excluding steroid dienone is 2. The topological polar surface area (TPSA) is 80.4 Å². The number of amides is 1. The van der Waals surface area contributed by atoms with Crippen LogP contribution in [0.4, 0.5) is 0 Å². The van der Waals surface area contributed by atoms with E-state index in [1.165, 1.54) is 17.8 Å². The zero-order chi connectivity index (χ0) is 54.4.